The molecule has 2 heterocycles. The Hall–Kier alpha value is -4.39. The van der Waals surface area contributed by atoms with E-state index in [1.807, 2.05) is 0 Å². The van der Waals surface area contributed by atoms with E-state index in [2.05, 4.69) is 22.9 Å². The standard InChI is InChI=1S/C26H22F3N3O6S/c27-15-8-19(28)17(20(29)9-15)11-31-24(34)18-12-32-16(6-7-37-26(36)39)10-30-25(35)21(32)23(22(18)33)38-13-14-4-2-1-3-5-14/h1-5,8-9,12,16H,6-7,10-11,13H2,(H,30,35)(H,31,34)(H,36,39)/t16-/m0/s1. The molecular formula is C26H22F3N3O6S. The van der Waals surface area contributed by atoms with Crippen molar-refractivity contribution in [2.24, 2.45) is 0 Å². The quantitative estimate of drug-likeness (QED) is 0.343. The fourth-order valence-corrected chi connectivity index (χ4v) is 4.15. The number of rotatable bonds is 9. The zero-order valence-corrected chi connectivity index (χ0v) is 21.0. The maximum absolute atomic E-state index is 14.1. The molecule has 204 valence electrons. The molecule has 0 fully saturated rings. The summed E-state index contributed by atoms with van der Waals surface area (Å²) in [6.07, 6.45) is 1.36. The Kier molecular flexibility index (Phi) is 8.49. The summed E-state index contributed by atoms with van der Waals surface area (Å²) in [5.74, 6) is -5.55. The molecule has 0 saturated carbocycles. The van der Waals surface area contributed by atoms with Gasteiger partial charge in [-0.2, -0.15) is 0 Å². The fraction of sp³-hybridized carbons (Fsp3) is 0.231. The lowest BCUT2D eigenvalue weighted by Gasteiger charge is -2.30. The van der Waals surface area contributed by atoms with Gasteiger partial charge in [-0.3, -0.25) is 14.4 Å². The van der Waals surface area contributed by atoms with E-state index in [1.54, 1.807) is 30.3 Å². The summed E-state index contributed by atoms with van der Waals surface area (Å²) in [6.45, 7) is -0.711. The minimum Gasteiger partial charge on any atom is -0.483 e. The van der Waals surface area contributed by atoms with Gasteiger partial charge in [0.05, 0.1) is 12.6 Å². The van der Waals surface area contributed by atoms with Crippen LogP contribution in [-0.2, 0) is 17.9 Å². The molecule has 1 aromatic heterocycles. The van der Waals surface area contributed by atoms with Gasteiger partial charge in [0.25, 0.3) is 11.8 Å². The first kappa shape index (κ1) is 27.6. The number of aliphatic hydroxyl groups is 1. The first-order chi connectivity index (χ1) is 18.7. The molecule has 0 unspecified atom stereocenters. The van der Waals surface area contributed by atoms with Crippen LogP contribution in [0, 0.1) is 17.5 Å². The highest BCUT2D eigenvalue weighted by Crippen LogP contribution is 2.26. The van der Waals surface area contributed by atoms with Crippen molar-refractivity contribution in [2.75, 3.05) is 13.2 Å². The van der Waals surface area contributed by atoms with Gasteiger partial charge in [0.15, 0.2) is 11.4 Å². The van der Waals surface area contributed by atoms with Crippen LogP contribution < -0.4 is 20.8 Å². The molecule has 1 aliphatic rings. The van der Waals surface area contributed by atoms with Crippen LogP contribution in [-0.4, -0.2) is 39.9 Å². The molecule has 1 atom stereocenters. The summed E-state index contributed by atoms with van der Waals surface area (Å²) in [5.41, 5.74) is -1.42. The van der Waals surface area contributed by atoms with E-state index < -0.39 is 69.4 Å². The molecule has 13 heteroatoms. The van der Waals surface area contributed by atoms with Crippen LogP contribution in [0.5, 0.6) is 5.75 Å². The zero-order chi connectivity index (χ0) is 28.1. The number of aliphatic hydroxyl groups excluding tert-OH is 1. The Labute approximate surface area is 225 Å². The van der Waals surface area contributed by atoms with Crippen LogP contribution in [0.4, 0.5) is 13.2 Å². The number of thiocarbonyl (C=S) groups is 1. The second-order valence-electron chi connectivity index (χ2n) is 8.53. The molecular weight excluding hydrogens is 539 g/mol. The molecule has 0 bridgehead atoms. The second-order valence-corrected chi connectivity index (χ2v) is 8.88. The molecule has 9 nitrogen and oxygen atoms in total. The van der Waals surface area contributed by atoms with Crippen LogP contribution in [0.15, 0.2) is 53.5 Å². The SMILES string of the molecule is O=C(NCc1c(F)cc(F)cc1F)c1cn2c(c(OCc3ccccc3)c1=O)C(=O)NC[C@@H]2CCOC(O)=S. The van der Waals surface area contributed by atoms with Gasteiger partial charge < -0.3 is 29.8 Å². The summed E-state index contributed by atoms with van der Waals surface area (Å²) in [7, 11) is 0. The summed E-state index contributed by atoms with van der Waals surface area (Å²) < 4.78 is 53.4. The van der Waals surface area contributed by atoms with Crippen molar-refractivity contribution in [3.8, 4) is 5.75 Å². The van der Waals surface area contributed by atoms with Crippen molar-refractivity contribution in [3.63, 3.8) is 0 Å². The predicted molar refractivity (Wildman–Crippen MR) is 136 cm³/mol. The van der Waals surface area contributed by atoms with Gasteiger partial charge in [0.1, 0.15) is 29.6 Å². The van der Waals surface area contributed by atoms with Crippen LogP contribution in [0.25, 0.3) is 0 Å². The highest BCUT2D eigenvalue weighted by molar-refractivity contribution is 7.79. The zero-order valence-electron chi connectivity index (χ0n) is 20.2. The number of hydrogen-bond donors (Lipinski definition) is 3. The number of benzene rings is 2. The van der Waals surface area contributed by atoms with Gasteiger partial charge in [-0.05, 0) is 5.56 Å². The number of carbonyl (C=O) groups is 2. The third kappa shape index (κ3) is 6.37. The van der Waals surface area contributed by atoms with Gasteiger partial charge >= 0.3 is 5.24 Å². The van der Waals surface area contributed by atoms with Crippen molar-refractivity contribution in [1.29, 1.82) is 0 Å². The molecule has 2 aromatic carbocycles. The number of halogens is 3. The Morgan fingerprint density at radius 2 is 1.85 bits per heavy atom. The third-order valence-corrected chi connectivity index (χ3v) is 6.10. The molecule has 3 aromatic rings. The third-order valence-electron chi connectivity index (χ3n) is 5.98. The molecule has 2 amide bonds. The number of fused-ring (bicyclic) bond motifs is 1. The van der Waals surface area contributed by atoms with Crippen LogP contribution >= 0.6 is 12.2 Å². The molecule has 0 saturated heterocycles. The van der Waals surface area contributed by atoms with E-state index in [1.165, 1.54) is 4.57 Å². The fourth-order valence-electron chi connectivity index (χ4n) is 4.06. The van der Waals surface area contributed by atoms with Crippen molar-refractivity contribution in [1.82, 2.24) is 15.2 Å². The number of hydrogen-bond acceptors (Lipinski definition) is 6. The average molecular weight is 562 g/mol. The van der Waals surface area contributed by atoms with Gasteiger partial charge in [-0.25, -0.2) is 13.2 Å². The number of pyridine rings is 1. The Bertz CT molecular complexity index is 1460. The minimum absolute atomic E-state index is 0.0354. The van der Waals surface area contributed by atoms with Crippen LogP contribution in [0.2, 0.25) is 0 Å². The van der Waals surface area contributed by atoms with Gasteiger partial charge in [-0.15, -0.1) is 0 Å². The maximum Gasteiger partial charge on any atom is 0.349 e. The monoisotopic (exact) mass is 561 g/mol. The lowest BCUT2D eigenvalue weighted by molar-refractivity contribution is 0.0888. The predicted octanol–water partition coefficient (Wildman–Crippen LogP) is 3.31. The van der Waals surface area contributed by atoms with Crippen molar-refractivity contribution >= 4 is 29.3 Å². The van der Waals surface area contributed by atoms with Gasteiger partial charge in [0, 0.05) is 55.6 Å². The van der Waals surface area contributed by atoms with Gasteiger partial charge in [-0.1, -0.05) is 30.3 Å². The molecule has 0 aliphatic carbocycles. The van der Waals surface area contributed by atoms with E-state index in [0.29, 0.717) is 17.7 Å². The Morgan fingerprint density at radius 3 is 2.51 bits per heavy atom. The van der Waals surface area contributed by atoms with Crippen molar-refractivity contribution in [3.05, 3.63) is 98.7 Å². The number of nitrogens with zero attached hydrogens (tertiary/aromatic N) is 1. The maximum atomic E-state index is 14.1. The summed E-state index contributed by atoms with van der Waals surface area (Å²) in [5, 5.41) is 13.4. The second kappa shape index (κ2) is 12.0. The van der Waals surface area contributed by atoms with E-state index in [-0.39, 0.29) is 31.9 Å². The number of ether oxygens (including phenoxy) is 2. The smallest absolute Gasteiger partial charge is 0.349 e. The summed E-state index contributed by atoms with van der Waals surface area (Å²) in [4.78, 5) is 39.3. The highest BCUT2D eigenvalue weighted by Gasteiger charge is 2.32. The van der Waals surface area contributed by atoms with E-state index in [0.717, 1.165) is 6.20 Å². The molecule has 39 heavy (non-hydrogen) atoms. The number of amides is 2. The van der Waals surface area contributed by atoms with Gasteiger partial charge in [0.2, 0.25) is 5.43 Å². The van der Waals surface area contributed by atoms with Crippen molar-refractivity contribution in [2.45, 2.75) is 25.6 Å². The lowest BCUT2D eigenvalue weighted by atomic mass is 10.1. The first-order valence-corrected chi connectivity index (χ1v) is 12.1. The van der Waals surface area contributed by atoms with E-state index in [9.17, 15) is 27.6 Å². The lowest BCUT2D eigenvalue weighted by Crippen LogP contribution is -2.43. The van der Waals surface area contributed by atoms with E-state index >= 15 is 0 Å². The minimum atomic E-state index is -1.21. The molecule has 4 rings (SSSR count). The Morgan fingerprint density at radius 1 is 1.15 bits per heavy atom. The van der Waals surface area contributed by atoms with Crippen molar-refractivity contribution < 1.29 is 37.3 Å². The molecule has 3 N–H and O–H groups in total. The molecule has 0 radical (unpaired) electrons. The largest absolute Gasteiger partial charge is 0.483 e. The Balaban J connectivity index is 1.70. The first-order valence-electron chi connectivity index (χ1n) is 11.7. The normalized spacial score (nSPS) is 14.2. The highest BCUT2D eigenvalue weighted by atomic mass is 32.1. The summed E-state index contributed by atoms with van der Waals surface area (Å²) in [6, 6.07) is 9.18. The number of aromatic nitrogens is 1. The molecule has 0 spiro atoms. The molecule has 1 aliphatic heterocycles. The van der Waals surface area contributed by atoms with Crippen LogP contribution in [0.1, 0.15) is 44.4 Å². The average Bonchev–Trinajstić information content (AvgIpc) is 2.89. The number of carbonyl (C=O) groups excluding carboxylic acids is 2. The number of nitrogens with one attached hydrogen (secondary N) is 2. The van der Waals surface area contributed by atoms with Crippen LogP contribution in [0.3, 0.4) is 0 Å². The topological polar surface area (TPSA) is 119 Å². The van der Waals surface area contributed by atoms with E-state index in [4.69, 9.17) is 14.6 Å². The summed E-state index contributed by atoms with van der Waals surface area (Å²) >= 11 is 4.50.